The van der Waals surface area contributed by atoms with Gasteiger partial charge in [0.05, 0.1) is 0 Å². The summed E-state index contributed by atoms with van der Waals surface area (Å²) < 4.78 is 2.97. The molecule has 0 aromatic carbocycles. The van der Waals surface area contributed by atoms with Gasteiger partial charge in [0.2, 0.25) is 0 Å². The molecule has 1 aliphatic heterocycles. The van der Waals surface area contributed by atoms with Crippen molar-refractivity contribution in [1.29, 1.82) is 0 Å². The molecule has 2 heteroatoms. The Morgan fingerprint density at radius 3 is 2.00 bits per heavy atom. The van der Waals surface area contributed by atoms with Crippen LogP contribution in [0, 0.1) is 17.8 Å². The summed E-state index contributed by atoms with van der Waals surface area (Å²) in [6.07, 6.45) is 1.28. The molecule has 0 bridgehead atoms. The van der Waals surface area contributed by atoms with Crippen molar-refractivity contribution in [2.45, 2.75) is 78.2 Å². The Bertz CT molecular complexity index is 310. The fourth-order valence-electron chi connectivity index (χ4n) is 5.03. The van der Waals surface area contributed by atoms with Crippen LogP contribution in [0.2, 0.25) is 18.6 Å². The Hall–Kier alpha value is 0.177. The van der Waals surface area contributed by atoms with Crippen molar-refractivity contribution >= 4 is 8.24 Å². The Kier molecular flexibility index (Phi) is 3.07. The molecule has 2 aliphatic rings. The third-order valence-electron chi connectivity index (χ3n) is 6.38. The van der Waals surface area contributed by atoms with Gasteiger partial charge in [0.15, 0.2) is 0 Å². The zero-order valence-electron chi connectivity index (χ0n) is 13.0. The molecular weight excluding hydrogens is 222 g/mol. The highest BCUT2D eigenvalue weighted by Gasteiger charge is 2.67. The summed E-state index contributed by atoms with van der Waals surface area (Å²) in [6, 6.07) is 0.886. The van der Waals surface area contributed by atoms with Crippen LogP contribution in [0.25, 0.3) is 0 Å². The van der Waals surface area contributed by atoms with Crippen LogP contribution >= 0.6 is 0 Å². The Morgan fingerprint density at radius 2 is 1.53 bits per heavy atom. The Balaban J connectivity index is 2.33. The predicted octanol–water partition coefficient (Wildman–Crippen LogP) is 4.36. The first-order chi connectivity index (χ1) is 7.66. The van der Waals surface area contributed by atoms with E-state index in [0.29, 0.717) is 5.54 Å². The summed E-state index contributed by atoms with van der Waals surface area (Å²) in [6.45, 7) is 20.0. The van der Waals surface area contributed by atoms with Crippen molar-refractivity contribution in [3.8, 4) is 0 Å². The molecule has 0 aromatic rings. The highest BCUT2D eigenvalue weighted by Crippen LogP contribution is 2.62. The standard InChI is InChI=1S/C15H31NSi/c1-9-15(5,6)16-13-11(3)10(2)12(4)14(13)17(16,7)8/h10-14H,9H2,1-8H3. The number of hydrogen-bond donors (Lipinski definition) is 0. The van der Waals surface area contributed by atoms with E-state index in [1.165, 1.54) is 6.42 Å². The van der Waals surface area contributed by atoms with E-state index < -0.39 is 8.24 Å². The minimum absolute atomic E-state index is 0.412. The van der Waals surface area contributed by atoms with Crippen molar-refractivity contribution in [3.05, 3.63) is 0 Å². The fraction of sp³-hybridized carbons (Fsp3) is 1.00. The number of hydrogen-bond acceptors (Lipinski definition) is 1. The highest BCUT2D eigenvalue weighted by molar-refractivity contribution is 6.79. The quantitative estimate of drug-likeness (QED) is 0.661. The molecule has 5 unspecified atom stereocenters. The maximum Gasteiger partial charge on any atom is 0.127 e. The first-order valence-corrected chi connectivity index (χ1v) is 10.5. The SMILES string of the molecule is CCC(C)(C)N1C2C(C)C(C)C(C)C2[Si]1(C)C. The van der Waals surface area contributed by atoms with Crippen LogP contribution in [-0.4, -0.2) is 24.4 Å². The van der Waals surface area contributed by atoms with E-state index in [0.717, 1.165) is 29.3 Å². The van der Waals surface area contributed by atoms with Gasteiger partial charge in [-0.1, -0.05) is 40.8 Å². The van der Waals surface area contributed by atoms with E-state index >= 15 is 0 Å². The van der Waals surface area contributed by atoms with E-state index in [1.54, 1.807) is 0 Å². The Labute approximate surface area is 109 Å². The van der Waals surface area contributed by atoms with Crippen LogP contribution in [0.15, 0.2) is 0 Å². The predicted molar refractivity (Wildman–Crippen MR) is 78.7 cm³/mol. The number of fused-ring (bicyclic) bond motifs is 1. The molecule has 0 N–H and O–H groups in total. The van der Waals surface area contributed by atoms with Crippen LogP contribution in [0.5, 0.6) is 0 Å². The molecule has 1 heterocycles. The second-order valence-electron chi connectivity index (χ2n) is 7.78. The van der Waals surface area contributed by atoms with Gasteiger partial charge in [-0.3, -0.25) is 0 Å². The largest absolute Gasteiger partial charge is 0.315 e. The van der Waals surface area contributed by atoms with E-state index in [4.69, 9.17) is 0 Å². The van der Waals surface area contributed by atoms with E-state index in [-0.39, 0.29) is 0 Å². The molecule has 0 radical (unpaired) electrons. The maximum absolute atomic E-state index is 2.97. The molecule has 0 aromatic heterocycles. The average molecular weight is 254 g/mol. The monoisotopic (exact) mass is 253 g/mol. The maximum atomic E-state index is 2.97. The van der Waals surface area contributed by atoms with Gasteiger partial charge in [0.25, 0.3) is 0 Å². The summed E-state index contributed by atoms with van der Waals surface area (Å²) in [5.74, 6) is 2.75. The molecule has 0 amide bonds. The van der Waals surface area contributed by atoms with E-state index in [9.17, 15) is 0 Å². The molecule has 5 atom stereocenters. The summed E-state index contributed by atoms with van der Waals surface area (Å²) in [5.41, 5.74) is 1.45. The van der Waals surface area contributed by atoms with E-state index in [2.05, 4.69) is 59.2 Å². The summed E-state index contributed by atoms with van der Waals surface area (Å²) in [7, 11) is -1.18. The number of rotatable bonds is 2. The lowest BCUT2D eigenvalue weighted by molar-refractivity contribution is 0.0817. The van der Waals surface area contributed by atoms with Gasteiger partial charge in [0, 0.05) is 11.6 Å². The third kappa shape index (κ3) is 1.59. The molecular formula is C15H31NSi. The summed E-state index contributed by atoms with van der Waals surface area (Å²) >= 11 is 0. The molecule has 100 valence electrons. The lowest BCUT2D eigenvalue weighted by atomic mass is 9.92. The van der Waals surface area contributed by atoms with Crippen molar-refractivity contribution in [1.82, 2.24) is 4.57 Å². The van der Waals surface area contributed by atoms with Crippen LogP contribution in [0.1, 0.15) is 48.0 Å². The molecule has 1 aliphatic carbocycles. The van der Waals surface area contributed by atoms with Gasteiger partial charge in [-0.05, 0) is 43.6 Å². The van der Waals surface area contributed by atoms with Gasteiger partial charge >= 0.3 is 0 Å². The van der Waals surface area contributed by atoms with E-state index in [1.807, 2.05) is 0 Å². The van der Waals surface area contributed by atoms with Crippen LogP contribution in [0.3, 0.4) is 0 Å². The number of nitrogens with zero attached hydrogens (tertiary/aromatic N) is 1. The molecule has 0 spiro atoms. The molecule has 1 saturated heterocycles. The van der Waals surface area contributed by atoms with Gasteiger partial charge in [-0.2, -0.15) is 0 Å². The van der Waals surface area contributed by atoms with Crippen molar-refractivity contribution in [2.75, 3.05) is 0 Å². The zero-order valence-corrected chi connectivity index (χ0v) is 14.0. The van der Waals surface area contributed by atoms with Gasteiger partial charge in [-0.25, -0.2) is 0 Å². The third-order valence-corrected chi connectivity index (χ3v) is 11.0. The molecule has 1 nitrogen and oxygen atoms in total. The highest BCUT2D eigenvalue weighted by atomic mass is 28.3. The molecule has 17 heavy (non-hydrogen) atoms. The smallest absolute Gasteiger partial charge is 0.127 e. The normalized spacial score (nSPS) is 45.5. The second kappa shape index (κ2) is 3.83. The summed E-state index contributed by atoms with van der Waals surface area (Å²) in [5, 5.41) is 0. The molecule has 2 rings (SSSR count). The lowest BCUT2D eigenvalue weighted by Gasteiger charge is -2.66. The van der Waals surface area contributed by atoms with Gasteiger partial charge in [0.1, 0.15) is 8.24 Å². The first-order valence-electron chi connectivity index (χ1n) is 7.45. The minimum atomic E-state index is -1.18. The van der Waals surface area contributed by atoms with Crippen molar-refractivity contribution in [3.63, 3.8) is 0 Å². The second-order valence-corrected chi connectivity index (χ2v) is 12.2. The lowest BCUT2D eigenvalue weighted by Crippen LogP contribution is -2.76. The van der Waals surface area contributed by atoms with Crippen LogP contribution in [0.4, 0.5) is 0 Å². The zero-order chi connectivity index (χ0) is 13.2. The van der Waals surface area contributed by atoms with Crippen molar-refractivity contribution < 1.29 is 0 Å². The summed E-state index contributed by atoms with van der Waals surface area (Å²) in [4.78, 5) is 0. The van der Waals surface area contributed by atoms with Gasteiger partial charge in [-0.15, -0.1) is 0 Å². The molecule has 2 fully saturated rings. The fourth-order valence-corrected chi connectivity index (χ4v) is 10.9. The van der Waals surface area contributed by atoms with Crippen LogP contribution in [-0.2, 0) is 0 Å². The Morgan fingerprint density at radius 1 is 1.00 bits per heavy atom. The minimum Gasteiger partial charge on any atom is -0.315 e. The van der Waals surface area contributed by atoms with Crippen LogP contribution < -0.4 is 0 Å². The van der Waals surface area contributed by atoms with Gasteiger partial charge < -0.3 is 4.57 Å². The van der Waals surface area contributed by atoms with Crippen molar-refractivity contribution in [2.24, 2.45) is 17.8 Å². The molecule has 1 saturated carbocycles. The topological polar surface area (TPSA) is 3.24 Å². The first kappa shape index (κ1) is 13.6. The average Bonchev–Trinajstić information content (AvgIpc) is 2.41.